The molecule has 7 nitrogen and oxygen atoms in total. The lowest BCUT2D eigenvalue weighted by atomic mass is 10.1. The second-order valence-electron chi connectivity index (χ2n) is 7.66. The van der Waals surface area contributed by atoms with Crippen molar-refractivity contribution in [2.75, 3.05) is 10.2 Å². The van der Waals surface area contributed by atoms with Crippen LogP contribution in [0.2, 0.25) is 10.0 Å². The van der Waals surface area contributed by atoms with Gasteiger partial charge < -0.3 is 19.5 Å². The van der Waals surface area contributed by atoms with Gasteiger partial charge in [0.15, 0.2) is 6.10 Å². The topological polar surface area (TPSA) is 84.7 Å². The predicted molar refractivity (Wildman–Crippen MR) is 128 cm³/mol. The standard InChI is InChI=1S/C24H21Cl2N3O4/c1-13-19(14(2)33-28-13)12-29-21-11-18(7-8-22(21)32-15(3)24(29)31)27-23(30)9-5-16-4-6-17(25)10-20(16)26/h4-11,15H,12H2,1-3H3,(H,27,30)/b9-5+. The lowest BCUT2D eigenvalue weighted by Gasteiger charge is -2.33. The summed E-state index contributed by atoms with van der Waals surface area (Å²) in [5.41, 5.74) is 3.29. The van der Waals surface area contributed by atoms with Crippen LogP contribution in [0.15, 0.2) is 47.0 Å². The van der Waals surface area contributed by atoms with Crippen molar-refractivity contribution in [3.63, 3.8) is 0 Å². The number of nitrogens with one attached hydrogen (secondary N) is 1. The molecule has 1 aromatic heterocycles. The zero-order valence-electron chi connectivity index (χ0n) is 18.2. The Bertz CT molecular complexity index is 1250. The maximum atomic E-state index is 12.9. The van der Waals surface area contributed by atoms with E-state index in [1.54, 1.807) is 61.2 Å². The van der Waals surface area contributed by atoms with Gasteiger partial charge in [0.25, 0.3) is 5.91 Å². The molecule has 1 aliphatic heterocycles. The Morgan fingerprint density at radius 2 is 2.00 bits per heavy atom. The summed E-state index contributed by atoms with van der Waals surface area (Å²) in [6.07, 6.45) is 2.34. The van der Waals surface area contributed by atoms with E-state index in [1.807, 2.05) is 6.92 Å². The van der Waals surface area contributed by atoms with Crippen molar-refractivity contribution in [2.45, 2.75) is 33.4 Å². The molecule has 1 aliphatic rings. The van der Waals surface area contributed by atoms with Crippen molar-refractivity contribution in [2.24, 2.45) is 0 Å². The SMILES string of the molecule is Cc1noc(C)c1CN1C(=O)C(C)Oc2ccc(NC(=O)/C=C/c3ccc(Cl)cc3Cl)cc21. The molecular formula is C24H21Cl2N3O4. The molecule has 1 unspecified atom stereocenters. The molecule has 1 N–H and O–H groups in total. The number of hydrogen-bond donors (Lipinski definition) is 1. The zero-order chi connectivity index (χ0) is 23.7. The summed E-state index contributed by atoms with van der Waals surface area (Å²) in [5.74, 6) is 0.657. The maximum Gasteiger partial charge on any atom is 0.268 e. The summed E-state index contributed by atoms with van der Waals surface area (Å²) in [6, 6.07) is 10.2. The molecule has 9 heteroatoms. The van der Waals surface area contributed by atoms with E-state index >= 15 is 0 Å². The van der Waals surface area contributed by atoms with E-state index in [1.165, 1.54) is 6.08 Å². The largest absolute Gasteiger partial charge is 0.479 e. The van der Waals surface area contributed by atoms with Crippen molar-refractivity contribution >= 4 is 52.5 Å². The van der Waals surface area contributed by atoms with E-state index in [2.05, 4.69) is 10.5 Å². The zero-order valence-corrected chi connectivity index (χ0v) is 19.7. The Hall–Kier alpha value is -3.29. The number of ether oxygens (including phenoxy) is 1. The highest BCUT2D eigenvalue weighted by atomic mass is 35.5. The van der Waals surface area contributed by atoms with Crippen LogP contribution < -0.4 is 15.0 Å². The molecule has 2 amide bonds. The fraction of sp³-hybridized carbons (Fsp3) is 0.208. The summed E-state index contributed by atoms with van der Waals surface area (Å²) >= 11 is 12.0. The Morgan fingerprint density at radius 3 is 2.70 bits per heavy atom. The number of aromatic nitrogens is 1. The van der Waals surface area contributed by atoms with Crippen molar-refractivity contribution in [3.05, 3.63) is 75.1 Å². The van der Waals surface area contributed by atoms with Gasteiger partial charge in [-0.15, -0.1) is 0 Å². The first-order valence-electron chi connectivity index (χ1n) is 10.2. The lowest BCUT2D eigenvalue weighted by molar-refractivity contribution is -0.125. The van der Waals surface area contributed by atoms with Crippen LogP contribution in [0, 0.1) is 13.8 Å². The van der Waals surface area contributed by atoms with Gasteiger partial charge in [-0.1, -0.05) is 34.4 Å². The van der Waals surface area contributed by atoms with E-state index in [4.69, 9.17) is 32.5 Å². The molecule has 0 saturated carbocycles. The third-order valence-electron chi connectivity index (χ3n) is 5.31. The summed E-state index contributed by atoms with van der Waals surface area (Å²) < 4.78 is 11.0. The number of aryl methyl sites for hydroxylation is 2. The van der Waals surface area contributed by atoms with Gasteiger partial charge in [0.1, 0.15) is 11.5 Å². The highest BCUT2D eigenvalue weighted by molar-refractivity contribution is 6.35. The molecule has 0 radical (unpaired) electrons. The fourth-order valence-electron chi connectivity index (χ4n) is 3.52. The number of fused-ring (bicyclic) bond motifs is 1. The van der Waals surface area contributed by atoms with Crippen LogP contribution in [0.5, 0.6) is 5.75 Å². The van der Waals surface area contributed by atoms with E-state index in [0.717, 1.165) is 11.3 Å². The smallest absolute Gasteiger partial charge is 0.268 e. The van der Waals surface area contributed by atoms with Gasteiger partial charge in [0.2, 0.25) is 5.91 Å². The Labute approximate surface area is 200 Å². The maximum absolute atomic E-state index is 12.9. The average Bonchev–Trinajstić information content (AvgIpc) is 3.08. The highest BCUT2D eigenvalue weighted by Gasteiger charge is 2.33. The summed E-state index contributed by atoms with van der Waals surface area (Å²) in [6.45, 7) is 5.62. The first-order valence-corrected chi connectivity index (χ1v) is 11.0. The lowest BCUT2D eigenvalue weighted by Crippen LogP contribution is -2.44. The number of hydrogen-bond acceptors (Lipinski definition) is 5. The minimum atomic E-state index is -0.634. The highest BCUT2D eigenvalue weighted by Crippen LogP contribution is 2.37. The molecule has 33 heavy (non-hydrogen) atoms. The quantitative estimate of drug-likeness (QED) is 0.477. The van der Waals surface area contributed by atoms with Crippen LogP contribution in [0.25, 0.3) is 6.08 Å². The number of halogens is 2. The first-order chi connectivity index (χ1) is 15.7. The van der Waals surface area contributed by atoms with Crippen LogP contribution >= 0.6 is 23.2 Å². The third-order valence-corrected chi connectivity index (χ3v) is 5.87. The number of nitrogens with zero attached hydrogens (tertiary/aromatic N) is 2. The Morgan fingerprint density at radius 1 is 1.21 bits per heavy atom. The molecule has 2 aromatic carbocycles. The molecule has 0 aliphatic carbocycles. The molecule has 4 rings (SSSR count). The van der Waals surface area contributed by atoms with Crippen LogP contribution in [-0.2, 0) is 16.1 Å². The number of carbonyl (C=O) groups excluding carboxylic acids is 2. The summed E-state index contributed by atoms with van der Waals surface area (Å²) in [7, 11) is 0. The van der Waals surface area contributed by atoms with E-state index in [-0.39, 0.29) is 18.4 Å². The minimum Gasteiger partial charge on any atom is -0.479 e. The molecule has 1 atom stereocenters. The van der Waals surface area contributed by atoms with Crippen LogP contribution in [0.1, 0.15) is 29.5 Å². The van der Waals surface area contributed by atoms with Gasteiger partial charge in [-0.25, -0.2) is 0 Å². The summed E-state index contributed by atoms with van der Waals surface area (Å²) in [4.78, 5) is 27.0. The van der Waals surface area contributed by atoms with Crippen molar-refractivity contribution in [1.29, 1.82) is 0 Å². The van der Waals surface area contributed by atoms with Gasteiger partial charge in [-0.2, -0.15) is 0 Å². The molecular weight excluding hydrogens is 465 g/mol. The second kappa shape index (κ2) is 9.29. The fourth-order valence-corrected chi connectivity index (χ4v) is 3.99. The number of amides is 2. The van der Waals surface area contributed by atoms with Gasteiger partial charge in [-0.05, 0) is 62.7 Å². The molecule has 0 spiro atoms. The van der Waals surface area contributed by atoms with Crippen LogP contribution in [0.3, 0.4) is 0 Å². The molecule has 0 saturated heterocycles. The number of rotatable bonds is 5. The molecule has 2 heterocycles. The van der Waals surface area contributed by atoms with Gasteiger partial charge in [0, 0.05) is 27.4 Å². The Balaban J connectivity index is 1.57. The van der Waals surface area contributed by atoms with E-state index in [9.17, 15) is 9.59 Å². The first kappa shape index (κ1) is 22.9. The van der Waals surface area contributed by atoms with E-state index in [0.29, 0.717) is 38.5 Å². The normalized spacial score (nSPS) is 15.5. The van der Waals surface area contributed by atoms with Crippen molar-refractivity contribution in [1.82, 2.24) is 5.16 Å². The van der Waals surface area contributed by atoms with Crippen LogP contribution in [-0.4, -0.2) is 23.1 Å². The second-order valence-corrected chi connectivity index (χ2v) is 8.50. The Kier molecular flexibility index (Phi) is 6.44. The molecule has 170 valence electrons. The number of carbonyl (C=O) groups is 2. The molecule has 3 aromatic rings. The average molecular weight is 486 g/mol. The van der Waals surface area contributed by atoms with Crippen LogP contribution in [0.4, 0.5) is 11.4 Å². The van der Waals surface area contributed by atoms with Crippen molar-refractivity contribution < 1.29 is 18.8 Å². The van der Waals surface area contributed by atoms with Gasteiger partial charge in [0.05, 0.1) is 17.9 Å². The van der Waals surface area contributed by atoms with E-state index < -0.39 is 6.10 Å². The van der Waals surface area contributed by atoms with Gasteiger partial charge >= 0.3 is 0 Å². The minimum absolute atomic E-state index is 0.191. The summed E-state index contributed by atoms with van der Waals surface area (Å²) in [5, 5.41) is 7.73. The third kappa shape index (κ3) is 4.89. The van der Waals surface area contributed by atoms with Crippen molar-refractivity contribution in [3.8, 4) is 5.75 Å². The predicted octanol–water partition coefficient (Wildman–Crippen LogP) is 5.56. The molecule has 0 fully saturated rings. The monoisotopic (exact) mass is 485 g/mol. The number of benzene rings is 2. The number of anilines is 2. The van der Waals surface area contributed by atoms with Gasteiger partial charge in [-0.3, -0.25) is 9.59 Å². The molecule has 0 bridgehead atoms.